The molecule has 0 atom stereocenters. The molecule has 1 saturated heterocycles. The third-order valence-corrected chi connectivity index (χ3v) is 7.12. The van der Waals surface area contributed by atoms with E-state index in [0.29, 0.717) is 12.6 Å². The summed E-state index contributed by atoms with van der Waals surface area (Å²) in [6.07, 6.45) is 4.47. The van der Waals surface area contributed by atoms with E-state index in [1.54, 1.807) is 0 Å². The summed E-state index contributed by atoms with van der Waals surface area (Å²) in [5.41, 5.74) is 3.15. The number of piperazine rings is 1. The van der Waals surface area contributed by atoms with Crippen LogP contribution in [0.3, 0.4) is 0 Å². The average molecular weight is 487 g/mol. The zero-order valence-electron chi connectivity index (χ0n) is 21.1. The second-order valence-electron chi connectivity index (χ2n) is 10.1. The van der Waals surface area contributed by atoms with Crippen molar-refractivity contribution in [1.29, 1.82) is 0 Å². The van der Waals surface area contributed by atoms with Crippen LogP contribution in [0.25, 0.3) is 0 Å². The molecule has 9 nitrogen and oxygen atoms in total. The molecule has 1 saturated carbocycles. The Morgan fingerprint density at radius 3 is 2.69 bits per heavy atom. The minimum atomic E-state index is 0.551. The Morgan fingerprint density at radius 1 is 1.00 bits per heavy atom. The van der Waals surface area contributed by atoms with E-state index in [9.17, 15) is 0 Å². The molecule has 36 heavy (non-hydrogen) atoms. The first-order chi connectivity index (χ1) is 17.6. The number of nitrogens with zero attached hydrogens (tertiary/aromatic N) is 6. The van der Waals surface area contributed by atoms with Gasteiger partial charge in [-0.2, -0.15) is 4.98 Å². The van der Waals surface area contributed by atoms with E-state index in [1.807, 2.05) is 25.3 Å². The Hall–Kier alpha value is -3.59. The highest BCUT2D eigenvalue weighted by atomic mass is 16.5. The quantitative estimate of drug-likeness (QED) is 0.514. The molecule has 4 heterocycles. The second kappa shape index (κ2) is 9.81. The Labute approximate surface area is 212 Å². The monoisotopic (exact) mass is 486 g/mol. The van der Waals surface area contributed by atoms with Gasteiger partial charge in [0.05, 0.1) is 6.54 Å². The second-order valence-corrected chi connectivity index (χ2v) is 10.1. The first-order valence-electron chi connectivity index (χ1n) is 12.9. The Balaban J connectivity index is 1.18. The molecule has 0 radical (unpaired) electrons. The number of hydrogen-bond acceptors (Lipinski definition) is 9. The van der Waals surface area contributed by atoms with Crippen LogP contribution in [-0.4, -0.2) is 72.8 Å². The van der Waals surface area contributed by atoms with Crippen LogP contribution < -0.4 is 25.2 Å². The lowest BCUT2D eigenvalue weighted by molar-refractivity contribution is 0.304. The Bertz CT molecular complexity index is 1220. The first kappa shape index (κ1) is 22.8. The fourth-order valence-electron chi connectivity index (χ4n) is 4.73. The molecule has 0 spiro atoms. The molecule has 2 fully saturated rings. The predicted molar refractivity (Wildman–Crippen MR) is 144 cm³/mol. The molecule has 0 amide bonds. The predicted octanol–water partition coefficient (Wildman–Crippen LogP) is 4.03. The van der Waals surface area contributed by atoms with Crippen LogP contribution in [-0.2, 0) is 0 Å². The van der Waals surface area contributed by atoms with E-state index in [-0.39, 0.29) is 0 Å². The third-order valence-electron chi connectivity index (χ3n) is 7.12. The Kier molecular flexibility index (Phi) is 6.23. The summed E-state index contributed by atoms with van der Waals surface area (Å²) >= 11 is 0. The number of aromatic nitrogens is 3. The lowest BCUT2D eigenvalue weighted by atomic mass is 10.2. The van der Waals surface area contributed by atoms with Crippen molar-refractivity contribution < 1.29 is 4.74 Å². The van der Waals surface area contributed by atoms with Gasteiger partial charge in [0.1, 0.15) is 18.2 Å². The molecule has 2 aromatic heterocycles. The fourth-order valence-corrected chi connectivity index (χ4v) is 4.73. The Morgan fingerprint density at radius 2 is 1.86 bits per heavy atom. The normalized spacial score (nSPS) is 17.9. The third kappa shape index (κ3) is 5.16. The van der Waals surface area contributed by atoms with Crippen molar-refractivity contribution in [1.82, 2.24) is 19.9 Å². The summed E-state index contributed by atoms with van der Waals surface area (Å²) in [5, 5.41) is 6.79. The van der Waals surface area contributed by atoms with E-state index in [1.165, 1.54) is 18.5 Å². The lowest BCUT2D eigenvalue weighted by Crippen LogP contribution is -2.44. The van der Waals surface area contributed by atoms with Crippen molar-refractivity contribution in [3.8, 4) is 5.75 Å². The molecule has 3 aliphatic rings. The maximum Gasteiger partial charge on any atom is 0.229 e. The highest BCUT2D eigenvalue weighted by Crippen LogP contribution is 2.36. The van der Waals surface area contributed by atoms with Gasteiger partial charge in [0.15, 0.2) is 11.6 Å². The van der Waals surface area contributed by atoms with Crippen LogP contribution >= 0.6 is 0 Å². The van der Waals surface area contributed by atoms with Crippen LogP contribution in [0.15, 0.2) is 42.6 Å². The summed E-state index contributed by atoms with van der Waals surface area (Å²) in [7, 11) is 2.17. The standard InChI is InChI=1S/C27H34N8O/c1-19-17-28-27(29-21-4-3-5-22(16-21)34-12-10-33(2)11-13-34)32-25(19)30-24-9-8-23-26(31-24)35(14-15-36-23)18-20-6-7-20/h3-5,8-9,16-17,20H,6-7,10-15,18H2,1-2H3,(H2,28,29,30,31,32). The van der Waals surface area contributed by atoms with Gasteiger partial charge in [-0.05, 0) is 63.1 Å². The van der Waals surface area contributed by atoms with E-state index in [0.717, 1.165) is 79.6 Å². The van der Waals surface area contributed by atoms with E-state index in [2.05, 4.69) is 61.6 Å². The minimum Gasteiger partial charge on any atom is -0.488 e. The molecule has 0 unspecified atom stereocenters. The molecule has 0 bridgehead atoms. The van der Waals surface area contributed by atoms with Gasteiger partial charge in [-0.3, -0.25) is 0 Å². The van der Waals surface area contributed by atoms with Crippen LogP contribution in [0.5, 0.6) is 5.75 Å². The van der Waals surface area contributed by atoms with Crippen molar-refractivity contribution in [2.24, 2.45) is 5.92 Å². The minimum absolute atomic E-state index is 0.551. The van der Waals surface area contributed by atoms with Gasteiger partial charge < -0.3 is 30.1 Å². The number of aryl methyl sites for hydroxylation is 1. The SMILES string of the molecule is Cc1cnc(Nc2cccc(N3CCN(C)CC3)c2)nc1Nc1ccc2c(n1)N(CC1CC1)CCO2. The summed E-state index contributed by atoms with van der Waals surface area (Å²) in [5.74, 6) is 4.61. The smallest absolute Gasteiger partial charge is 0.229 e. The van der Waals surface area contributed by atoms with E-state index >= 15 is 0 Å². The van der Waals surface area contributed by atoms with Gasteiger partial charge in [0.2, 0.25) is 5.95 Å². The fraction of sp³-hybridized carbons (Fsp3) is 0.444. The zero-order chi connectivity index (χ0) is 24.5. The number of likely N-dealkylation sites (N-methyl/N-ethyl adjacent to an activating group) is 1. The van der Waals surface area contributed by atoms with Crippen molar-refractivity contribution in [2.75, 3.05) is 73.4 Å². The van der Waals surface area contributed by atoms with Crippen LogP contribution in [0.4, 0.5) is 34.8 Å². The summed E-state index contributed by atoms with van der Waals surface area (Å²) in [4.78, 5) is 21.3. The average Bonchev–Trinajstić information content (AvgIpc) is 3.71. The van der Waals surface area contributed by atoms with E-state index in [4.69, 9.17) is 14.7 Å². The number of hydrogen-bond donors (Lipinski definition) is 2. The first-order valence-corrected chi connectivity index (χ1v) is 12.9. The number of rotatable bonds is 7. The number of anilines is 6. The van der Waals surface area contributed by atoms with Gasteiger partial charge in [-0.15, -0.1) is 0 Å². The maximum absolute atomic E-state index is 5.86. The van der Waals surface area contributed by atoms with E-state index < -0.39 is 0 Å². The summed E-state index contributed by atoms with van der Waals surface area (Å²) in [6.45, 7) is 8.88. The highest BCUT2D eigenvalue weighted by molar-refractivity contribution is 5.66. The van der Waals surface area contributed by atoms with Crippen LogP contribution in [0, 0.1) is 12.8 Å². The van der Waals surface area contributed by atoms with Crippen LogP contribution in [0.2, 0.25) is 0 Å². The van der Waals surface area contributed by atoms with Crippen molar-refractivity contribution in [3.05, 3.63) is 48.2 Å². The number of nitrogens with one attached hydrogen (secondary N) is 2. The van der Waals surface area contributed by atoms with Gasteiger partial charge >= 0.3 is 0 Å². The molecule has 3 aromatic rings. The molecule has 188 valence electrons. The number of benzene rings is 1. The lowest BCUT2D eigenvalue weighted by Gasteiger charge is -2.34. The zero-order valence-corrected chi connectivity index (χ0v) is 21.1. The number of fused-ring (bicyclic) bond motifs is 1. The molecule has 1 aliphatic carbocycles. The van der Waals surface area contributed by atoms with Crippen molar-refractivity contribution >= 4 is 34.8 Å². The molecule has 9 heteroatoms. The summed E-state index contributed by atoms with van der Waals surface area (Å²) < 4.78 is 5.86. The number of pyridine rings is 1. The topological polar surface area (TPSA) is 81.7 Å². The highest BCUT2D eigenvalue weighted by Gasteiger charge is 2.28. The molecule has 2 aliphatic heterocycles. The molecular formula is C27H34N8O. The molecule has 6 rings (SSSR count). The van der Waals surface area contributed by atoms with Crippen molar-refractivity contribution in [2.45, 2.75) is 19.8 Å². The number of ether oxygens (including phenoxy) is 1. The molecule has 1 aromatic carbocycles. The van der Waals surface area contributed by atoms with Gasteiger partial charge in [-0.25, -0.2) is 9.97 Å². The summed E-state index contributed by atoms with van der Waals surface area (Å²) in [6, 6.07) is 12.4. The molecular weight excluding hydrogens is 452 g/mol. The van der Waals surface area contributed by atoms with Crippen molar-refractivity contribution in [3.63, 3.8) is 0 Å². The van der Waals surface area contributed by atoms with Gasteiger partial charge in [0.25, 0.3) is 0 Å². The molecule has 2 N–H and O–H groups in total. The maximum atomic E-state index is 5.86. The largest absolute Gasteiger partial charge is 0.488 e. The van der Waals surface area contributed by atoms with Gasteiger partial charge in [-0.1, -0.05) is 6.07 Å². The van der Waals surface area contributed by atoms with Gasteiger partial charge in [0, 0.05) is 55.9 Å². The van der Waals surface area contributed by atoms with Crippen LogP contribution in [0.1, 0.15) is 18.4 Å².